The predicted octanol–water partition coefficient (Wildman–Crippen LogP) is 0.460. The van der Waals surface area contributed by atoms with Gasteiger partial charge in [0, 0.05) is 33.1 Å². The number of aliphatic hydroxyl groups excluding tert-OH is 1. The number of nitrogens with zero attached hydrogens (tertiary/aromatic N) is 1. The van der Waals surface area contributed by atoms with Crippen molar-refractivity contribution >= 4 is 5.91 Å². The number of amides is 1. The summed E-state index contributed by atoms with van der Waals surface area (Å²) in [5, 5.41) is 12.7. The molecule has 4 nitrogen and oxygen atoms in total. The van der Waals surface area contributed by atoms with Gasteiger partial charge in [-0.15, -0.1) is 0 Å². The molecule has 0 aliphatic rings. The number of carbonyl (C=O) groups excluding carboxylic acids is 1. The molecule has 0 fully saturated rings. The second-order valence-electron chi connectivity index (χ2n) is 4.61. The molecule has 0 spiro atoms. The Balaban J connectivity index is 3.75. The molecule has 0 aromatic rings. The van der Waals surface area contributed by atoms with Crippen molar-refractivity contribution < 1.29 is 9.90 Å². The minimum absolute atomic E-state index is 0.105. The highest BCUT2D eigenvalue weighted by Gasteiger charge is 2.13. The number of hydrogen-bond acceptors (Lipinski definition) is 3. The molecule has 4 heteroatoms. The summed E-state index contributed by atoms with van der Waals surface area (Å²) in [5.74, 6) is 0.350. The minimum Gasteiger partial charge on any atom is -0.392 e. The lowest BCUT2D eigenvalue weighted by Crippen LogP contribution is -2.38. The fourth-order valence-electron chi connectivity index (χ4n) is 1.07. The molecule has 2 N–H and O–H groups in total. The van der Waals surface area contributed by atoms with E-state index in [1.54, 1.807) is 19.0 Å². The Labute approximate surface area is 92.7 Å². The van der Waals surface area contributed by atoms with E-state index in [0.717, 1.165) is 0 Å². The Hall–Kier alpha value is -0.610. The molecular weight excluding hydrogens is 192 g/mol. The van der Waals surface area contributed by atoms with Gasteiger partial charge in [0.15, 0.2) is 0 Å². The Morgan fingerprint density at radius 3 is 2.27 bits per heavy atom. The lowest BCUT2D eigenvalue weighted by molar-refractivity contribution is -0.129. The van der Waals surface area contributed by atoms with Crippen molar-refractivity contribution in [1.29, 1.82) is 0 Å². The second-order valence-corrected chi connectivity index (χ2v) is 4.61. The van der Waals surface area contributed by atoms with Crippen LogP contribution in [-0.4, -0.2) is 48.7 Å². The zero-order valence-electron chi connectivity index (χ0n) is 10.4. The van der Waals surface area contributed by atoms with E-state index < -0.39 is 0 Å². The summed E-state index contributed by atoms with van der Waals surface area (Å²) in [6, 6.07) is 0.105. The first kappa shape index (κ1) is 14.4. The van der Waals surface area contributed by atoms with Crippen molar-refractivity contribution in [2.45, 2.75) is 39.3 Å². The van der Waals surface area contributed by atoms with Crippen LogP contribution in [0.1, 0.15) is 27.2 Å². The van der Waals surface area contributed by atoms with Crippen LogP contribution < -0.4 is 5.32 Å². The lowest BCUT2D eigenvalue weighted by atomic mass is 10.1. The summed E-state index contributed by atoms with van der Waals surface area (Å²) < 4.78 is 0. The molecule has 0 aromatic heterocycles. The molecule has 2 atom stereocenters. The molecule has 1 amide bonds. The highest BCUT2D eigenvalue weighted by atomic mass is 16.3. The van der Waals surface area contributed by atoms with Crippen LogP contribution in [0, 0.1) is 5.92 Å². The monoisotopic (exact) mass is 216 g/mol. The summed E-state index contributed by atoms with van der Waals surface area (Å²) >= 11 is 0. The van der Waals surface area contributed by atoms with Crippen LogP contribution in [0.2, 0.25) is 0 Å². The van der Waals surface area contributed by atoms with Gasteiger partial charge in [-0.1, -0.05) is 13.8 Å². The van der Waals surface area contributed by atoms with E-state index in [1.165, 1.54) is 0 Å². The van der Waals surface area contributed by atoms with Crippen molar-refractivity contribution in [2.75, 3.05) is 20.6 Å². The summed E-state index contributed by atoms with van der Waals surface area (Å²) in [6.45, 7) is 6.44. The van der Waals surface area contributed by atoms with Crippen molar-refractivity contribution in [1.82, 2.24) is 10.2 Å². The maximum absolute atomic E-state index is 11.4. The van der Waals surface area contributed by atoms with E-state index in [1.807, 2.05) is 20.8 Å². The summed E-state index contributed by atoms with van der Waals surface area (Å²) in [6.07, 6.45) is 0.125. The standard InChI is InChI=1S/C11H24N2O2/c1-8(2)10(14)7-12-9(3)6-11(15)13(4)5/h8-10,12,14H,6-7H2,1-5H3. The molecule has 90 valence electrons. The number of rotatable bonds is 6. The summed E-state index contributed by atoms with van der Waals surface area (Å²) in [4.78, 5) is 12.9. The fraction of sp³-hybridized carbons (Fsp3) is 0.909. The van der Waals surface area contributed by atoms with Crippen LogP contribution in [0.25, 0.3) is 0 Å². The highest BCUT2D eigenvalue weighted by molar-refractivity contribution is 5.76. The van der Waals surface area contributed by atoms with E-state index in [-0.39, 0.29) is 24.0 Å². The Bertz CT molecular complexity index is 193. The number of hydrogen-bond donors (Lipinski definition) is 2. The van der Waals surface area contributed by atoms with Gasteiger partial charge in [-0.05, 0) is 12.8 Å². The molecule has 15 heavy (non-hydrogen) atoms. The Morgan fingerprint density at radius 2 is 1.87 bits per heavy atom. The van der Waals surface area contributed by atoms with Gasteiger partial charge in [0.05, 0.1) is 6.10 Å². The molecular formula is C11H24N2O2. The molecule has 0 heterocycles. The largest absolute Gasteiger partial charge is 0.392 e. The van der Waals surface area contributed by atoms with Gasteiger partial charge in [-0.3, -0.25) is 4.79 Å². The number of aliphatic hydroxyl groups is 1. The van der Waals surface area contributed by atoms with Gasteiger partial charge in [0.1, 0.15) is 0 Å². The average molecular weight is 216 g/mol. The van der Waals surface area contributed by atoms with Gasteiger partial charge in [-0.2, -0.15) is 0 Å². The minimum atomic E-state index is -0.345. The van der Waals surface area contributed by atoms with E-state index in [9.17, 15) is 9.90 Å². The van der Waals surface area contributed by atoms with E-state index >= 15 is 0 Å². The van der Waals surface area contributed by atoms with Crippen molar-refractivity contribution in [2.24, 2.45) is 5.92 Å². The molecule has 0 radical (unpaired) electrons. The quantitative estimate of drug-likeness (QED) is 0.678. The third-order valence-electron chi connectivity index (χ3n) is 2.42. The maximum atomic E-state index is 11.4. The van der Waals surface area contributed by atoms with Crippen LogP contribution in [0.4, 0.5) is 0 Å². The smallest absolute Gasteiger partial charge is 0.223 e. The third-order valence-corrected chi connectivity index (χ3v) is 2.42. The van der Waals surface area contributed by atoms with E-state index in [0.29, 0.717) is 13.0 Å². The van der Waals surface area contributed by atoms with Crippen LogP contribution >= 0.6 is 0 Å². The molecule has 0 aliphatic heterocycles. The van der Waals surface area contributed by atoms with Gasteiger partial charge in [-0.25, -0.2) is 0 Å². The highest BCUT2D eigenvalue weighted by Crippen LogP contribution is 2.01. The molecule has 0 rings (SSSR count). The first-order valence-corrected chi connectivity index (χ1v) is 5.46. The van der Waals surface area contributed by atoms with Crippen LogP contribution in [0.3, 0.4) is 0 Å². The SMILES string of the molecule is CC(CC(=O)N(C)C)NCC(O)C(C)C. The summed E-state index contributed by atoms with van der Waals surface area (Å²) in [5.41, 5.74) is 0. The van der Waals surface area contributed by atoms with Gasteiger partial charge >= 0.3 is 0 Å². The van der Waals surface area contributed by atoms with E-state index in [4.69, 9.17) is 0 Å². The third kappa shape index (κ3) is 6.47. The number of carbonyl (C=O) groups is 1. The zero-order valence-corrected chi connectivity index (χ0v) is 10.4. The van der Waals surface area contributed by atoms with Crippen molar-refractivity contribution in [3.63, 3.8) is 0 Å². The zero-order chi connectivity index (χ0) is 12.0. The van der Waals surface area contributed by atoms with Crippen LogP contribution in [0.5, 0.6) is 0 Å². The maximum Gasteiger partial charge on any atom is 0.223 e. The summed E-state index contributed by atoms with van der Waals surface area (Å²) in [7, 11) is 3.50. The average Bonchev–Trinajstić information content (AvgIpc) is 2.13. The Morgan fingerprint density at radius 1 is 1.33 bits per heavy atom. The first-order valence-electron chi connectivity index (χ1n) is 5.46. The molecule has 2 unspecified atom stereocenters. The predicted molar refractivity (Wildman–Crippen MR) is 61.6 cm³/mol. The molecule has 0 bridgehead atoms. The van der Waals surface area contributed by atoms with Gasteiger partial charge in [0.25, 0.3) is 0 Å². The van der Waals surface area contributed by atoms with E-state index in [2.05, 4.69) is 5.32 Å². The van der Waals surface area contributed by atoms with Gasteiger partial charge < -0.3 is 15.3 Å². The topological polar surface area (TPSA) is 52.6 Å². The first-order chi connectivity index (χ1) is 6.84. The van der Waals surface area contributed by atoms with Gasteiger partial charge in [0.2, 0.25) is 5.91 Å². The molecule has 0 saturated carbocycles. The van der Waals surface area contributed by atoms with Crippen molar-refractivity contribution in [3.8, 4) is 0 Å². The second kappa shape index (κ2) is 6.80. The Kier molecular flexibility index (Phi) is 6.52. The van der Waals surface area contributed by atoms with Crippen molar-refractivity contribution in [3.05, 3.63) is 0 Å². The lowest BCUT2D eigenvalue weighted by Gasteiger charge is -2.20. The number of nitrogens with one attached hydrogen (secondary N) is 1. The normalized spacial score (nSPS) is 15.1. The fourth-order valence-corrected chi connectivity index (χ4v) is 1.07. The molecule has 0 aliphatic carbocycles. The van der Waals surface area contributed by atoms with Crippen LogP contribution in [-0.2, 0) is 4.79 Å². The van der Waals surface area contributed by atoms with Crippen LogP contribution in [0.15, 0.2) is 0 Å². The molecule has 0 aromatic carbocycles. The molecule has 0 saturated heterocycles.